The summed E-state index contributed by atoms with van der Waals surface area (Å²) in [6.45, 7) is 4.22. The topological polar surface area (TPSA) is 92.4 Å². The van der Waals surface area contributed by atoms with Crippen LogP contribution >= 0.6 is 0 Å². The number of benzene rings is 1. The maximum absolute atomic E-state index is 11.6. The maximum atomic E-state index is 11.6. The molecule has 0 aliphatic rings. The van der Waals surface area contributed by atoms with Crippen molar-refractivity contribution in [3.63, 3.8) is 0 Å². The molecule has 0 aromatic heterocycles. The van der Waals surface area contributed by atoms with E-state index in [2.05, 4.69) is 5.32 Å². The number of nitrogens with one attached hydrogen (secondary N) is 1. The first-order valence-corrected chi connectivity index (χ1v) is 6.92. The van der Waals surface area contributed by atoms with Gasteiger partial charge in [0.2, 0.25) is 11.8 Å². The van der Waals surface area contributed by atoms with Crippen molar-refractivity contribution in [2.75, 3.05) is 6.54 Å². The number of aliphatic hydroxyl groups excluding tert-OH is 1. The van der Waals surface area contributed by atoms with E-state index in [4.69, 9.17) is 5.73 Å². The minimum atomic E-state index is -0.477. The number of hydrogen-bond donors (Lipinski definition) is 3. The van der Waals surface area contributed by atoms with E-state index in [9.17, 15) is 14.7 Å². The molecule has 0 heterocycles. The molecular formula is C16H22N2O3. The number of carbonyl (C=O) groups is 2. The molecule has 5 nitrogen and oxygen atoms in total. The summed E-state index contributed by atoms with van der Waals surface area (Å²) in [5, 5.41) is 12.0. The van der Waals surface area contributed by atoms with Gasteiger partial charge in [-0.2, -0.15) is 0 Å². The predicted octanol–water partition coefficient (Wildman–Crippen LogP) is 1.32. The first-order chi connectivity index (χ1) is 9.88. The summed E-state index contributed by atoms with van der Waals surface area (Å²) in [5.74, 6) is -0.445. The summed E-state index contributed by atoms with van der Waals surface area (Å²) in [7, 11) is 0. The second kappa shape index (κ2) is 8.21. The highest BCUT2D eigenvalue weighted by Crippen LogP contribution is 2.06. The normalized spacial score (nSPS) is 13.9. The van der Waals surface area contributed by atoms with Crippen LogP contribution in [0.5, 0.6) is 0 Å². The lowest BCUT2D eigenvalue weighted by Crippen LogP contribution is -2.27. The highest BCUT2D eigenvalue weighted by atomic mass is 16.3. The minimum Gasteiger partial charge on any atom is -0.393 e. The van der Waals surface area contributed by atoms with Gasteiger partial charge in [0.1, 0.15) is 0 Å². The lowest BCUT2D eigenvalue weighted by Gasteiger charge is -2.13. The molecule has 2 unspecified atom stereocenters. The first kappa shape index (κ1) is 16.9. The monoisotopic (exact) mass is 290 g/mol. The summed E-state index contributed by atoms with van der Waals surface area (Å²) >= 11 is 0. The van der Waals surface area contributed by atoms with Crippen LogP contribution in [0.25, 0.3) is 6.08 Å². The maximum Gasteiger partial charge on any atom is 0.248 e. The fourth-order valence-corrected chi connectivity index (χ4v) is 1.93. The van der Waals surface area contributed by atoms with Gasteiger partial charge in [-0.15, -0.1) is 0 Å². The van der Waals surface area contributed by atoms with Crippen LogP contribution < -0.4 is 11.1 Å². The molecule has 114 valence electrons. The van der Waals surface area contributed by atoms with Crippen LogP contribution in [0.15, 0.2) is 30.3 Å². The van der Waals surface area contributed by atoms with E-state index in [0.717, 1.165) is 5.56 Å². The zero-order chi connectivity index (χ0) is 15.8. The van der Waals surface area contributed by atoms with Gasteiger partial charge in [-0.3, -0.25) is 9.59 Å². The van der Waals surface area contributed by atoms with Gasteiger partial charge >= 0.3 is 0 Å². The number of amides is 2. The quantitative estimate of drug-likeness (QED) is 0.661. The Kier molecular flexibility index (Phi) is 6.62. The third-order valence-electron chi connectivity index (χ3n) is 2.99. The van der Waals surface area contributed by atoms with Gasteiger partial charge in [0, 0.05) is 18.2 Å². The molecule has 2 atom stereocenters. The largest absolute Gasteiger partial charge is 0.393 e. The Morgan fingerprint density at radius 3 is 2.43 bits per heavy atom. The van der Waals surface area contributed by atoms with Crippen molar-refractivity contribution in [1.29, 1.82) is 0 Å². The molecule has 1 aromatic carbocycles. The van der Waals surface area contributed by atoms with Crippen molar-refractivity contribution < 1.29 is 14.7 Å². The van der Waals surface area contributed by atoms with Crippen molar-refractivity contribution in [2.45, 2.75) is 26.4 Å². The summed E-state index contributed by atoms with van der Waals surface area (Å²) in [6, 6.07) is 6.68. The van der Waals surface area contributed by atoms with Crippen molar-refractivity contribution in [2.24, 2.45) is 11.7 Å². The third kappa shape index (κ3) is 6.72. The van der Waals surface area contributed by atoms with Gasteiger partial charge in [0.15, 0.2) is 0 Å². The Bertz CT molecular complexity index is 507. The Balaban J connectivity index is 2.45. The molecule has 0 saturated heterocycles. The summed E-state index contributed by atoms with van der Waals surface area (Å²) in [4.78, 5) is 22.6. The van der Waals surface area contributed by atoms with Gasteiger partial charge in [0.05, 0.1) is 6.10 Å². The highest BCUT2D eigenvalue weighted by molar-refractivity contribution is 5.94. The molecule has 0 saturated carbocycles. The van der Waals surface area contributed by atoms with Crippen LogP contribution in [0.3, 0.4) is 0 Å². The minimum absolute atomic E-state index is 0.188. The van der Waals surface area contributed by atoms with Gasteiger partial charge in [0.25, 0.3) is 0 Å². The molecular weight excluding hydrogens is 268 g/mol. The molecule has 0 aliphatic heterocycles. The lowest BCUT2D eigenvalue weighted by atomic mass is 10.0. The number of aliphatic hydroxyl groups is 1. The van der Waals surface area contributed by atoms with Crippen LogP contribution in [0.4, 0.5) is 0 Å². The Labute approximate surface area is 124 Å². The van der Waals surface area contributed by atoms with Crippen molar-refractivity contribution >= 4 is 17.9 Å². The fourth-order valence-electron chi connectivity index (χ4n) is 1.93. The average Bonchev–Trinajstić information content (AvgIpc) is 2.42. The zero-order valence-corrected chi connectivity index (χ0v) is 12.4. The average molecular weight is 290 g/mol. The molecule has 2 amide bonds. The van der Waals surface area contributed by atoms with Crippen molar-refractivity contribution in [3.05, 3.63) is 41.5 Å². The summed E-state index contributed by atoms with van der Waals surface area (Å²) in [6.07, 6.45) is 3.39. The van der Waals surface area contributed by atoms with Crippen LogP contribution in [-0.4, -0.2) is 29.6 Å². The summed E-state index contributed by atoms with van der Waals surface area (Å²) < 4.78 is 0. The van der Waals surface area contributed by atoms with Crippen LogP contribution in [0, 0.1) is 5.92 Å². The van der Waals surface area contributed by atoms with E-state index in [0.29, 0.717) is 18.5 Å². The van der Waals surface area contributed by atoms with E-state index in [1.54, 1.807) is 37.3 Å². The van der Waals surface area contributed by atoms with Gasteiger partial charge in [-0.05, 0) is 43.0 Å². The molecule has 0 fully saturated rings. The zero-order valence-electron chi connectivity index (χ0n) is 12.4. The van der Waals surface area contributed by atoms with E-state index < -0.39 is 5.91 Å². The Morgan fingerprint density at radius 2 is 1.90 bits per heavy atom. The fraction of sp³-hybridized carbons (Fsp3) is 0.375. The Hall–Kier alpha value is -2.14. The number of rotatable bonds is 7. The van der Waals surface area contributed by atoms with Crippen LogP contribution in [0.1, 0.15) is 36.2 Å². The first-order valence-electron chi connectivity index (χ1n) is 6.92. The summed E-state index contributed by atoms with van der Waals surface area (Å²) in [5.41, 5.74) is 6.40. The Morgan fingerprint density at radius 1 is 1.29 bits per heavy atom. The number of carbonyl (C=O) groups excluding carboxylic acids is 2. The van der Waals surface area contributed by atoms with E-state index in [1.165, 1.54) is 6.08 Å². The molecule has 5 heteroatoms. The lowest BCUT2D eigenvalue weighted by molar-refractivity contribution is -0.116. The molecule has 1 aromatic rings. The molecule has 0 radical (unpaired) electrons. The van der Waals surface area contributed by atoms with Crippen molar-refractivity contribution in [1.82, 2.24) is 5.32 Å². The van der Waals surface area contributed by atoms with E-state index >= 15 is 0 Å². The number of nitrogens with two attached hydrogens (primary N) is 1. The standard InChI is InChI=1S/C16H22N2O3/c1-11(9-12(2)19)10-18-15(20)8-5-13-3-6-14(7-4-13)16(17)21/h3-8,11-12,19H,9-10H2,1-2H3,(H2,17,21)(H,18,20). The SMILES string of the molecule is CC(O)CC(C)CNC(=O)C=Cc1ccc(C(N)=O)cc1. The van der Waals surface area contributed by atoms with Gasteiger partial charge in [-0.1, -0.05) is 19.1 Å². The molecule has 0 spiro atoms. The van der Waals surface area contributed by atoms with Crippen LogP contribution in [0.2, 0.25) is 0 Å². The van der Waals surface area contributed by atoms with Gasteiger partial charge < -0.3 is 16.2 Å². The van der Waals surface area contributed by atoms with E-state index in [-0.39, 0.29) is 17.9 Å². The third-order valence-corrected chi connectivity index (χ3v) is 2.99. The van der Waals surface area contributed by atoms with E-state index in [1.807, 2.05) is 6.92 Å². The van der Waals surface area contributed by atoms with Crippen LogP contribution in [-0.2, 0) is 4.79 Å². The number of hydrogen-bond acceptors (Lipinski definition) is 3. The predicted molar refractivity (Wildman–Crippen MR) is 82.5 cm³/mol. The smallest absolute Gasteiger partial charge is 0.248 e. The highest BCUT2D eigenvalue weighted by Gasteiger charge is 2.06. The molecule has 1 rings (SSSR count). The molecule has 0 bridgehead atoms. The van der Waals surface area contributed by atoms with Crippen molar-refractivity contribution in [3.8, 4) is 0 Å². The molecule has 4 N–H and O–H groups in total. The molecule has 0 aliphatic carbocycles. The van der Waals surface area contributed by atoms with Gasteiger partial charge in [-0.25, -0.2) is 0 Å². The number of primary amides is 1. The molecule has 21 heavy (non-hydrogen) atoms. The second-order valence-corrected chi connectivity index (χ2v) is 5.25. The second-order valence-electron chi connectivity index (χ2n) is 5.25.